The Morgan fingerprint density at radius 3 is 3.00 bits per heavy atom. The molecule has 0 unspecified atom stereocenters. The van der Waals surface area contributed by atoms with E-state index in [1.807, 2.05) is 0 Å². The van der Waals surface area contributed by atoms with Crippen molar-refractivity contribution in [2.75, 3.05) is 0 Å². The van der Waals surface area contributed by atoms with Crippen molar-refractivity contribution in [2.45, 2.75) is 33.2 Å². The summed E-state index contributed by atoms with van der Waals surface area (Å²) in [6.45, 7) is 4.56. The number of nitrogens with zero attached hydrogens (tertiary/aromatic N) is 3. The summed E-state index contributed by atoms with van der Waals surface area (Å²) in [6, 6.07) is 0. The predicted molar refractivity (Wildman–Crippen MR) is 45.9 cm³/mol. The van der Waals surface area contributed by atoms with Crippen molar-refractivity contribution < 1.29 is 0 Å². The highest BCUT2D eigenvalue weighted by atomic mass is 16.1. The van der Waals surface area contributed by atoms with Gasteiger partial charge in [0.1, 0.15) is 5.82 Å². The number of rotatable bonds is 3. The number of hydrogen-bond acceptors (Lipinski definition) is 3. The molecule has 0 bridgehead atoms. The zero-order chi connectivity index (χ0) is 8.97. The molecular formula is C8H13N3O. The van der Waals surface area contributed by atoms with Crippen LogP contribution in [-0.4, -0.2) is 14.8 Å². The maximum absolute atomic E-state index is 11.1. The van der Waals surface area contributed by atoms with Crippen molar-refractivity contribution >= 4 is 0 Å². The molecule has 0 N–H and O–H groups in total. The molecule has 0 fully saturated rings. The van der Waals surface area contributed by atoms with Crippen LogP contribution < -0.4 is 5.56 Å². The lowest BCUT2D eigenvalue weighted by Crippen LogP contribution is -2.23. The van der Waals surface area contributed by atoms with Gasteiger partial charge >= 0.3 is 0 Å². The molecule has 0 aliphatic carbocycles. The van der Waals surface area contributed by atoms with Crippen LogP contribution in [0.3, 0.4) is 0 Å². The van der Waals surface area contributed by atoms with E-state index in [1.54, 1.807) is 6.92 Å². The molecule has 4 heteroatoms. The number of hydrogen-bond donors (Lipinski definition) is 0. The maximum Gasteiger partial charge on any atom is 0.285 e. The fourth-order valence-corrected chi connectivity index (χ4v) is 0.933. The second-order valence-corrected chi connectivity index (χ2v) is 2.72. The topological polar surface area (TPSA) is 47.8 Å². The molecule has 0 spiro atoms. The summed E-state index contributed by atoms with van der Waals surface area (Å²) in [5.41, 5.74) is -0.117. The molecule has 1 aromatic heterocycles. The SMILES string of the molecule is CCCCn1nc(C)ncc1=O. The molecule has 12 heavy (non-hydrogen) atoms. The van der Waals surface area contributed by atoms with Crippen molar-refractivity contribution in [1.82, 2.24) is 14.8 Å². The standard InChI is InChI=1S/C8H13N3O/c1-3-4-5-11-8(12)6-9-7(2)10-11/h6H,3-5H2,1-2H3. The second kappa shape index (κ2) is 3.99. The van der Waals surface area contributed by atoms with Crippen molar-refractivity contribution in [2.24, 2.45) is 0 Å². The van der Waals surface area contributed by atoms with E-state index in [9.17, 15) is 4.79 Å². The van der Waals surface area contributed by atoms with Crippen LogP contribution in [0.4, 0.5) is 0 Å². The molecule has 66 valence electrons. The minimum Gasteiger partial charge on any atom is -0.266 e. The Labute approximate surface area is 71.3 Å². The number of unbranched alkanes of at least 4 members (excludes halogenated alkanes) is 1. The smallest absolute Gasteiger partial charge is 0.266 e. The third kappa shape index (κ3) is 2.15. The average Bonchev–Trinajstić information content (AvgIpc) is 2.07. The first-order chi connectivity index (χ1) is 5.74. The molecule has 0 aromatic carbocycles. The molecule has 0 radical (unpaired) electrons. The first-order valence-electron chi connectivity index (χ1n) is 4.15. The van der Waals surface area contributed by atoms with Crippen LogP contribution in [0, 0.1) is 6.92 Å². The Morgan fingerprint density at radius 2 is 2.33 bits per heavy atom. The zero-order valence-electron chi connectivity index (χ0n) is 7.45. The quantitative estimate of drug-likeness (QED) is 0.667. The minimum atomic E-state index is -0.117. The summed E-state index contributed by atoms with van der Waals surface area (Å²) in [5.74, 6) is 0.644. The Hall–Kier alpha value is -1.19. The van der Waals surface area contributed by atoms with Gasteiger partial charge in [0.25, 0.3) is 5.56 Å². The van der Waals surface area contributed by atoms with Gasteiger partial charge in [-0.2, -0.15) is 5.10 Å². The minimum absolute atomic E-state index is 0.117. The van der Waals surface area contributed by atoms with Crippen LogP contribution in [0.15, 0.2) is 11.0 Å². The van der Waals surface area contributed by atoms with Gasteiger partial charge in [-0.3, -0.25) is 4.79 Å². The first-order valence-corrected chi connectivity index (χ1v) is 4.15. The number of aryl methyl sites for hydroxylation is 2. The highest BCUT2D eigenvalue weighted by molar-refractivity contribution is 4.79. The van der Waals surface area contributed by atoms with Gasteiger partial charge in [0.15, 0.2) is 0 Å². The van der Waals surface area contributed by atoms with Gasteiger partial charge in [-0.15, -0.1) is 0 Å². The molecule has 1 rings (SSSR count). The number of aromatic nitrogens is 3. The highest BCUT2D eigenvalue weighted by Gasteiger charge is 1.96. The third-order valence-corrected chi connectivity index (χ3v) is 1.61. The van der Waals surface area contributed by atoms with Crippen molar-refractivity contribution in [3.8, 4) is 0 Å². The molecule has 0 aliphatic rings. The van der Waals surface area contributed by atoms with E-state index in [2.05, 4.69) is 17.0 Å². The first kappa shape index (κ1) is 8.90. The van der Waals surface area contributed by atoms with Gasteiger partial charge in [0.05, 0.1) is 6.20 Å². The lowest BCUT2D eigenvalue weighted by Gasteiger charge is -2.01. The summed E-state index contributed by atoms with van der Waals surface area (Å²) >= 11 is 0. The molecule has 0 aliphatic heterocycles. The van der Waals surface area contributed by atoms with E-state index in [-0.39, 0.29) is 5.56 Å². The van der Waals surface area contributed by atoms with Crippen molar-refractivity contribution in [3.63, 3.8) is 0 Å². The summed E-state index contributed by atoms with van der Waals surface area (Å²) in [5, 5.41) is 4.00. The monoisotopic (exact) mass is 167 g/mol. The molecular weight excluding hydrogens is 154 g/mol. The normalized spacial score (nSPS) is 10.2. The summed E-state index contributed by atoms with van der Waals surface area (Å²) in [4.78, 5) is 14.9. The largest absolute Gasteiger partial charge is 0.285 e. The lowest BCUT2D eigenvalue weighted by atomic mass is 10.3. The summed E-state index contributed by atoms with van der Waals surface area (Å²) in [6.07, 6.45) is 3.36. The Morgan fingerprint density at radius 1 is 1.58 bits per heavy atom. The Balaban J connectivity index is 2.83. The molecule has 1 heterocycles. The van der Waals surface area contributed by atoms with Gasteiger partial charge in [-0.05, 0) is 13.3 Å². The molecule has 0 saturated carbocycles. The van der Waals surface area contributed by atoms with E-state index in [0.717, 1.165) is 12.8 Å². The van der Waals surface area contributed by atoms with Crippen molar-refractivity contribution in [3.05, 3.63) is 22.4 Å². The summed E-state index contributed by atoms with van der Waals surface area (Å²) in [7, 11) is 0. The summed E-state index contributed by atoms with van der Waals surface area (Å²) < 4.78 is 1.46. The van der Waals surface area contributed by atoms with Crippen LogP contribution in [0.25, 0.3) is 0 Å². The Bertz CT molecular complexity index is 305. The fraction of sp³-hybridized carbons (Fsp3) is 0.625. The third-order valence-electron chi connectivity index (χ3n) is 1.61. The van der Waals surface area contributed by atoms with E-state index < -0.39 is 0 Å². The molecule has 0 atom stereocenters. The van der Waals surface area contributed by atoms with Crippen LogP contribution >= 0.6 is 0 Å². The van der Waals surface area contributed by atoms with Crippen LogP contribution in [-0.2, 0) is 6.54 Å². The van der Waals surface area contributed by atoms with Gasteiger partial charge in [-0.25, -0.2) is 9.67 Å². The average molecular weight is 167 g/mol. The van der Waals surface area contributed by atoms with E-state index in [0.29, 0.717) is 12.4 Å². The molecule has 0 saturated heterocycles. The Kier molecular flexibility index (Phi) is 2.96. The van der Waals surface area contributed by atoms with Gasteiger partial charge in [0.2, 0.25) is 0 Å². The van der Waals surface area contributed by atoms with E-state index >= 15 is 0 Å². The maximum atomic E-state index is 11.1. The molecule has 0 amide bonds. The second-order valence-electron chi connectivity index (χ2n) is 2.72. The van der Waals surface area contributed by atoms with E-state index in [4.69, 9.17) is 0 Å². The highest BCUT2D eigenvalue weighted by Crippen LogP contribution is 1.89. The predicted octanol–water partition coefficient (Wildman–Crippen LogP) is 0.747. The lowest BCUT2D eigenvalue weighted by molar-refractivity contribution is 0.528. The zero-order valence-corrected chi connectivity index (χ0v) is 7.45. The molecule has 1 aromatic rings. The van der Waals surface area contributed by atoms with Gasteiger partial charge < -0.3 is 0 Å². The van der Waals surface area contributed by atoms with Crippen LogP contribution in [0.2, 0.25) is 0 Å². The molecule has 4 nitrogen and oxygen atoms in total. The van der Waals surface area contributed by atoms with Gasteiger partial charge in [-0.1, -0.05) is 13.3 Å². The van der Waals surface area contributed by atoms with Crippen LogP contribution in [0.5, 0.6) is 0 Å². The van der Waals surface area contributed by atoms with Gasteiger partial charge in [0, 0.05) is 6.54 Å². The van der Waals surface area contributed by atoms with E-state index in [1.165, 1.54) is 10.9 Å². The van der Waals surface area contributed by atoms with Crippen molar-refractivity contribution in [1.29, 1.82) is 0 Å². The fourth-order valence-electron chi connectivity index (χ4n) is 0.933. The van der Waals surface area contributed by atoms with Crippen LogP contribution in [0.1, 0.15) is 25.6 Å².